The van der Waals surface area contributed by atoms with E-state index in [1.54, 1.807) is 0 Å². The van der Waals surface area contributed by atoms with Gasteiger partial charge in [-0.05, 0) is 12.8 Å². The topological polar surface area (TPSA) is 52.6 Å². The smallest absolute Gasteiger partial charge is 0.330 e. The van der Waals surface area contributed by atoms with Gasteiger partial charge < -0.3 is 9.47 Å². The van der Waals surface area contributed by atoms with Crippen molar-refractivity contribution in [3.05, 3.63) is 25.3 Å². The molecule has 102 valence electrons. The fraction of sp³-hybridized carbons (Fsp3) is 0.571. The molecule has 4 heteroatoms. The molecule has 0 aromatic carbocycles. The van der Waals surface area contributed by atoms with E-state index in [0.29, 0.717) is 0 Å². The normalized spacial score (nSPS) is 10.6. The van der Waals surface area contributed by atoms with Crippen LogP contribution in [-0.4, -0.2) is 25.2 Å². The molecule has 0 aliphatic heterocycles. The molecule has 0 bridgehead atoms. The first-order chi connectivity index (χ1) is 8.53. The maximum atomic E-state index is 11.1. The number of ether oxygens (including phenoxy) is 2. The van der Waals surface area contributed by atoms with Crippen LogP contribution in [0, 0.1) is 5.41 Å². The third-order valence-electron chi connectivity index (χ3n) is 2.90. The number of hydrogen-bond donors (Lipinski definition) is 0. The Morgan fingerprint density at radius 2 is 1.50 bits per heavy atom. The van der Waals surface area contributed by atoms with E-state index in [0.717, 1.165) is 31.4 Å². The van der Waals surface area contributed by atoms with Gasteiger partial charge in [-0.15, -0.1) is 0 Å². The molecule has 0 aliphatic carbocycles. The molecule has 0 radical (unpaired) electrons. The van der Waals surface area contributed by atoms with Crippen molar-refractivity contribution >= 4 is 11.9 Å². The van der Waals surface area contributed by atoms with Crippen LogP contribution in [0.3, 0.4) is 0 Å². The van der Waals surface area contributed by atoms with Gasteiger partial charge >= 0.3 is 11.9 Å². The van der Waals surface area contributed by atoms with Crippen molar-refractivity contribution < 1.29 is 19.1 Å². The second-order valence-corrected chi connectivity index (χ2v) is 4.23. The van der Waals surface area contributed by atoms with Crippen molar-refractivity contribution in [3.63, 3.8) is 0 Å². The number of carbonyl (C=O) groups excluding carboxylic acids is 2. The predicted molar refractivity (Wildman–Crippen MR) is 69.9 cm³/mol. The van der Waals surface area contributed by atoms with E-state index in [9.17, 15) is 9.59 Å². The first kappa shape index (κ1) is 16.4. The maximum Gasteiger partial charge on any atom is 0.330 e. The first-order valence-corrected chi connectivity index (χ1v) is 6.12. The standard InChI is InChI=1S/C14H22O4/c1-5-9-14(8-4,10-17-12(15)6-2)11-18-13(16)7-3/h6-7H,2-3,5,8-11H2,1,4H3. The second kappa shape index (κ2) is 8.50. The highest BCUT2D eigenvalue weighted by atomic mass is 16.5. The quantitative estimate of drug-likeness (QED) is 0.469. The minimum atomic E-state index is -0.459. The summed E-state index contributed by atoms with van der Waals surface area (Å²) in [5.74, 6) is -0.919. The van der Waals surface area contributed by atoms with Crippen LogP contribution in [0.2, 0.25) is 0 Å². The minimum absolute atomic E-state index is 0.229. The zero-order valence-corrected chi connectivity index (χ0v) is 11.2. The molecule has 0 aliphatic rings. The fourth-order valence-corrected chi connectivity index (χ4v) is 1.66. The minimum Gasteiger partial charge on any atom is -0.462 e. The molecular weight excluding hydrogens is 232 g/mol. The van der Waals surface area contributed by atoms with Crippen molar-refractivity contribution in [3.8, 4) is 0 Å². The van der Waals surface area contributed by atoms with Crippen LogP contribution in [0.5, 0.6) is 0 Å². The van der Waals surface area contributed by atoms with Gasteiger partial charge in [0.2, 0.25) is 0 Å². The summed E-state index contributed by atoms with van der Waals surface area (Å²) in [6, 6.07) is 0. The lowest BCUT2D eigenvalue weighted by molar-refractivity contribution is -0.148. The van der Waals surface area contributed by atoms with Gasteiger partial charge in [0.1, 0.15) is 13.2 Å². The third-order valence-corrected chi connectivity index (χ3v) is 2.90. The summed E-state index contributed by atoms with van der Waals surface area (Å²) in [7, 11) is 0. The molecule has 4 nitrogen and oxygen atoms in total. The van der Waals surface area contributed by atoms with Crippen molar-refractivity contribution in [2.45, 2.75) is 33.1 Å². The maximum absolute atomic E-state index is 11.1. The monoisotopic (exact) mass is 254 g/mol. The molecule has 0 atom stereocenters. The zero-order chi connectivity index (χ0) is 14.0. The lowest BCUT2D eigenvalue weighted by atomic mass is 9.82. The van der Waals surface area contributed by atoms with Gasteiger partial charge in [0.25, 0.3) is 0 Å². The molecule has 0 saturated heterocycles. The van der Waals surface area contributed by atoms with Crippen LogP contribution < -0.4 is 0 Å². The number of hydrogen-bond acceptors (Lipinski definition) is 4. The molecule has 0 rings (SSSR count). The third kappa shape index (κ3) is 5.66. The molecule has 0 aromatic heterocycles. The SMILES string of the molecule is C=CC(=O)OCC(CC)(CCC)COC(=O)C=C. The van der Waals surface area contributed by atoms with Gasteiger partial charge in [-0.25, -0.2) is 9.59 Å². The zero-order valence-electron chi connectivity index (χ0n) is 11.2. The molecule has 0 heterocycles. The highest BCUT2D eigenvalue weighted by molar-refractivity contribution is 5.81. The van der Waals surface area contributed by atoms with Crippen LogP contribution in [0.1, 0.15) is 33.1 Å². The Labute approximate surface area is 109 Å². The van der Waals surface area contributed by atoms with Crippen LogP contribution in [0.15, 0.2) is 25.3 Å². The number of carbonyl (C=O) groups is 2. The van der Waals surface area contributed by atoms with E-state index < -0.39 is 11.9 Å². The Balaban J connectivity index is 4.57. The number of rotatable bonds is 9. The lowest BCUT2D eigenvalue weighted by Gasteiger charge is -2.31. The largest absolute Gasteiger partial charge is 0.462 e. The molecular formula is C14H22O4. The summed E-state index contributed by atoms with van der Waals surface area (Å²) in [4.78, 5) is 22.2. The van der Waals surface area contributed by atoms with Crippen molar-refractivity contribution in [2.75, 3.05) is 13.2 Å². The second-order valence-electron chi connectivity index (χ2n) is 4.23. The van der Waals surface area contributed by atoms with Crippen molar-refractivity contribution in [2.24, 2.45) is 5.41 Å². The van der Waals surface area contributed by atoms with E-state index in [2.05, 4.69) is 13.2 Å². The van der Waals surface area contributed by atoms with Crippen LogP contribution in [0.4, 0.5) is 0 Å². The van der Waals surface area contributed by atoms with Crippen LogP contribution in [-0.2, 0) is 19.1 Å². The van der Waals surface area contributed by atoms with Crippen molar-refractivity contribution in [1.29, 1.82) is 0 Å². The summed E-state index contributed by atoms with van der Waals surface area (Å²) in [6.45, 7) is 11.2. The predicted octanol–water partition coefficient (Wildman–Crippen LogP) is 2.64. The average Bonchev–Trinajstić information content (AvgIpc) is 2.41. The molecule has 18 heavy (non-hydrogen) atoms. The molecule has 0 amide bonds. The van der Waals surface area contributed by atoms with Gasteiger partial charge in [-0.1, -0.05) is 33.4 Å². The molecule has 0 saturated carbocycles. The van der Waals surface area contributed by atoms with Crippen LogP contribution in [0.25, 0.3) is 0 Å². The average molecular weight is 254 g/mol. The first-order valence-electron chi connectivity index (χ1n) is 6.12. The number of esters is 2. The van der Waals surface area contributed by atoms with Gasteiger partial charge in [-0.2, -0.15) is 0 Å². The van der Waals surface area contributed by atoms with E-state index >= 15 is 0 Å². The van der Waals surface area contributed by atoms with Crippen molar-refractivity contribution in [1.82, 2.24) is 0 Å². The summed E-state index contributed by atoms with van der Waals surface area (Å²) in [5.41, 5.74) is -0.327. The highest BCUT2D eigenvalue weighted by Gasteiger charge is 2.30. The van der Waals surface area contributed by atoms with E-state index in [1.165, 1.54) is 0 Å². The summed E-state index contributed by atoms with van der Waals surface area (Å²) in [5, 5.41) is 0. The van der Waals surface area contributed by atoms with Crippen LogP contribution >= 0.6 is 0 Å². The van der Waals surface area contributed by atoms with E-state index in [1.807, 2.05) is 13.8 Å². The highest BCUT2D eigenvalue weighted by Crippen LogP contribution is 2.29. The summed E-state index contributed by atoms with van der Waals surface area (Å²) < 4.78 is 10.2. The molecule has 0 aromatic rings. The summed E-state index contributed by atoms with van der Waals surface area (Å²) >= 11 is 0. The Morgan fingerprint density at radius 3 is 1.78 bits per heavy atom. The Hall–Kier alpha value is -1.58. The molecule has 0 fully saturated rings. The lowest BCUT2D eigenvalue weighted by Crippen LogP contribution is -2.33. The van der Waals surface area contributed by atoms with Gasteiger partial charge in [0.05, 0.1) is 0 Å². The van der Waals surface area contributed by atoms with Gasteiger partial charge in [-0.3, -0.25) is 0 Å². The molecule has 0 unspecified atom stereocenters. The Kier molecular flexibility index (Phi) is 7.76. The molecule has 0 N–H and O–H groups in total. The van der Waals surface area contributed by atoms with Gasteiger partial charge in [0, 0.05) is 17.6 Å². The van der Waals surface area contributed by atoms with E-state index in [-0.39, 0.29) is 18.6 Å². The van der Waals surface area contributed by atoms with Gasteiger partial charge in [0.15, 0.2) is 0 Å². The summed E-state index contributed by atoms with van der Waals surface area (Å²) in [6.07, 6.45) is 4.75. The Morgan fingerprint density at radius 1 is 1.06 bits per heavy atom. The fourth-order valence-electron chi connectivity index (χ4n) is 1.66. The Bertz CT molecular complexity index is 283. The molecule has 0 spiro atoms. The van der Waals surface area contributed by atoms with E-state index in [4.69, 9.17) is 9.47 Å².